The third kappa shape index (κ3) is 3.23. The van der Waals surface area contributed by atoms with Crippen molar-refractivity contribution in [3.05, 3.63) is 75.8 Å². The SMILES string of the molecule is Cc1ccc2cc(CN(C)Cc3ccccn3)c(=O)[nH]c2c1. The first-order valence-corrected chi connectivity index (χ1v) is 7.33. The summed E-state index contributed by atoms with van der Waals surface area (Å²) in [5.74, 6) is 0. The van der Waals surface area contributed by atoms with Crippen molar-refractivity contribution in [2.24, 2.45) is 0 Å². The third-order valence-corrected chi connectivity index (χ3v) is 3.68. The Morgan fingerprint density at radius 2 is 2.00 bits per heavy atom. The molecule has 0 radical (unpaired) electrons. The molecule has 1 aromatic carbocycles. The summed E-state index contributed by atoms with van der Waals surface area (Å²) in [7, 11) is 1.99. The van der Waals surface area contributed by atoms with Crippen LogP contribution in [0.4, 0.5) is 0 Å². The van der Waals surface area contributed by atoms with Crippen molar-refractivity contribution in [3.8, 4) is 0 Å². The second kappa shape index (κ2) is 6.12. The minimum Gasteiger partial charge on any atom is -0.322 e. The van der Waals surface area contributed by atoms with Crippen molar-refractivity contribution >= 4 is 10.9 Å². The van der Waals surface area contributed by atoms with Crippen molar-refractivity contribution in [1.82, 2.24) is 14.9 Å². The maximum atomic E-state index is 12.2. The molecule has 0 amide bonds. The van der Waals surface area contributed by atoms with Crippen LogP contribution in [0.25, 0.3) is 10.9 Å². The molecule has 1 N–H and O–H groups in total. The van der Waals surface area contributed by atoms with Crippen LogP contribution in [0, 0.1) is 6.92 Å². The van der Waals surface area contributed by atoms with E-state index in [-0.39, 0.29) is 5.56 Å². The molecule has 0 bridgehead atoms. The van der Waals surface area contributed by atoms with Gasteiger partial charge in [0.25, 0.3) is 5.56 Å². The highest BCUT2D eigenvalue weighted by Gasteiger charge is 2.07. The Kier molecular flexibility index (Phi) is 4.02. The lowest BCUT2D eigenvalue weighted by Crippen LogP contribution is -2.23. The maximum Gasteiger partial charge on any atom is 0.252 e. The van der Waals surface area contributed by atoms with Gasteiger partial charge < -0.3 is 4.98 Å². The van der Waals surface area contributed by atoms with Gasteiger partial charge in [-0.15, -0.1) is 0 Å². The smallest absolute Gasteiger partial charge is 0.252 e. The van der Waals surface area contributed by atoms with Crippen LogP contribution < -0.4 is 5.56 Å². The second-order valence-corrected chi connectivity index (χ2v) is 5.71. The van der Waals surface area contributed by atoms with E-state index >= 15 is 0 Å². The van der Waals surface area contributed by atoms with E-state index in [0.29, 0.717) is 13.1 Å². The molecular weight excluding hydrogens is 274 g/mol. The Balaban J connectivity index is 1.82. The number of hydrogen-bond acceptors (Lipinski definition) is 3. The van der Waals surface area contributed by atoms with E-state index in [1.54, 1.807) is 6.20 Å². The first kappa shape index (κ1) is 14.5. The van der Waals surface area contributed by atoms with Crippen LogP contribution in [0.15, 0.2) is 53.5 Å². The summed E-state index contributed by atoms with van der Waals surface area (Å²) in [6.07, 6.45) is 1.79. The monoisotopic (exact) mass is 293 g/mol. The van der Waals surface area contributed by atoms with Crippen molar-refractivity contribution in [2.45, 2.75) is 20.0 Å². The number of nitrogens with zero attached hydrogens (tertiary/aromatic N) is 2. The van der Waals surface area contributed by atoms with Crippen LogP contribution in [0.5, 0.6) is 0 Å². The number of H-pyrrole nitrogens is 1. The average molecular weight is 293 g/mol. The number of rotatable bonds is 4. The number of benzene rings is 1. The summed E-state index contributed by atoms with van der Waals surface area (Å²) < 4.78 is 0. The lowest BCUT2D eigenvalue weighted by molar-refractivity contribution is 0.314. The van der Waals surface area contributed by atoms with Gasteiger partial charge in [0.05, 0.1) is 5.69 Å². The van der Waals surface area contributed by atoms with Gasteiger partial charge in [0.2, 0.25) is 0 Å². The van der Waals surface area contributed by atoms with Crippen molar-refractivity contribution in [1.29, 1.82) is 0 Å². The highest BCUT2D eigenvalue weighted by atomic mass is 16.1. The van der Waals surface area contributed by atoms with Gasteiger partial charge >= 0.3 is 0 Å². The molecule has 0 aliphatic carbocycles. The van der Waals surface area contributed by atoms with Gasteiger partial charge in [-0.25, -0.2) is 0 Å². The fourth-order valence-electron chi connectivity index (χ4n) is 2.59. The first-order chi connectivity index (χ1) is 10.6. The standard InChI is InChI=1S/C18H19N3O/c1-13-6-7-14-10-15(18(22)20-17(14)9-13)11-21(2)12-16-5-3-4-8-19-16/h3-10H,11-12H2,1-2H3,(H,20,22). The van der Waals surface area contributed by atoms with Gasteiger partial charge in [0.1, 0.15) is 0 Å². The molecular formula is C18H19N3O. The summed E-state index contributed by atoms with van der Waals surface area (Å²) in [4.78, 5) is 21.6. The number of aromatic amines is 1. The summed E-state index contributed by atoms with van der Waals surface area (Å²) in [6, 6.07) is 13.9. The summed E-state index contributed by atoms with van der Waals surface area (Å²) >= 11 is 0. The lowest BCUT2D eigenvalue weighted by atomic mass is 10.1. The van der Waals surface area contributed by atoms with Crippen LogP contribution >= 0.6 is 0 Å². The van der Waals surface area contributed by atoms with E-state index in [9.17, 15) is 4.79 Å². The molecule has 22 heavy (non-hydrogen) atoms. The van der Waals surface area contributed by atoms with Gasteiger partial charge in [-0.1, -0.05) is 18.2 Å². The Bertz CT molecular complexity index is 840. The molecule has 112 valence electrons. The molecule has 4 nitrogen and oxygen atoms in total. The van der Waals surface area contributed by atoms with Gasteiger partial charge in [0, 0.05) is 30.4 Å². The Morgan fingerprint density at radius 3 is 2.77 bits per heavy atom. The van der Waals surface area contributed by atoms with Crippen LogP contribution in [-0.4, -0.2) is 21.9 Å². The zero-order chi connectivity index (χ0) is 15.5. The normalized spacial score (nSPS) is 11.2. The fourth-order valence-corrected chi connectivity index (χ4v) is 2.59. The van der Waals surface area contributed by atoms with Crippen LogP contribution in [0.1, 0.15) is 16.8 Å². The van der Waals surface area contributed by atoms with Crippen LogP contribution in [-0.2, 0) is 13.1 Å². The fraction of sp³-hybridized carbons (Fsp3) is 0.222. The predicted octanol–water partition coefficient (Wildman–Crippen LogP) is 2.86. The molecule has 0 saturated heterocycles. The van der Waals surface area contributed by atoms with E-state index in [1.807, 2.05) is 50.4 Å². The highest BCUT2D eigenvalue weighted by molar-refractivity contribution is 5.79. The second-order valence-electron chi connectivity index (χ2n) is 5.71. The maximum absolute atomic E-state index is 12.2. The molecule has 0 spiro atoms. The van der Waals surface area contributed by atoms with E-state index < -0.39 is 0 Å². The Morgan fingerprint density at radius 1 is 1.14 bits per heavy atom. The quantitative estimate of drug-likeness (QED) is 0.804. The van der Waals surface area contributed by atoms with E-state index in [0.717, 1.165) is 27.7 Å². The number of hydrogen-bond donors (Lipinski definition) is 1. The Hall–Kier alpha value is -2.46. The van der Waals surface area contributed by atoms with Gasteiger partial charge in [-0.2, -0.15) is 0 Å². The molecule has 2 aromatic heterocycles. The molecule has 0 unspecified atom stereocenters. The van der Waals surface area contributed by atoms with Crippen molar-refractivity contribution in [3.63, 3.8) is 0 Å². The van der Waals surface area contributed by atoms with Crippen molar-refractivity contribution in [2.75, 3.05) is 7.05 Å². The topological polar surface area (TPSA) is 49.0 Å². The molecule has 3 aromatic rings. The van der Waals surface area contributed by atoms with E-state index in [2.05, 4.69) is 20.9 Å². The van der Waals surface area contributed by atoms with Crippen LogP contribution in [0.2, 0.25) is 0 Å². The molecule has 4 heteroatoms. The summed E-state index contributed by atoms with van der Waals surface area (Å²) in [5.41, 5.74) is 3.78. The minimum absolute atomic E-state index is 0.0222. The van der Waals surface area contributed by atoms with Gasteiger partial charge in [0.15, 0.2) is 0 Å². The minimum atomic E-state index is -0.0222. The molecule has 2 heterocycles. The van der Waals surface area contributed by atoms with Gasteiger partial charge in [-0.05, 0) is 49.2 Å². The van der Waals surface area contributed by atoms with Crippen molar-refractivity contribution < 1.29 is 0 Å². The Labute approximate surface area is 129 Å². The largest absolute Gasteiger partial charge is 0.322 e. The average Bonchev–Trinajstić information content (AvgIpc) is 2.49. The molecule has 0 saturated carbocycles. The number of nitrogens with one attached hydrogen (secondary N) is 1. The zero-order valence-electron chi connectivity index (χ0n) is 12.8. The molecule has 0 aliphatic rings. The van der Waals surface area contributed by atoms with Crippen LogP contribution in [0.3, 0.4) is 0 Å². The molecule has 0 fully saturated rings. The summed E-state index contributed by atoms with van der Waals surface area (Å²) in [6.45, 7) is 3.33. The summed E-state index contributed by atoms with van der Waals surface area (Å²) in [5, 5.41) is 1.06. The number of fused-ring (bicyclic) bond motifs is 1. The number of pyridine rings is 2. The van der Waals surface area contributed by atoms with Gasteiger partial charge in [-0.3, -0.25) is 14.7 Å². The predicted molar refractivity (Wildman–Crippen MR) is 88.7 cm³/mol. The number of aryl methyl sites for hydroxylation is 1. The highest BCUT2D eigenvalue weighted by Crippen LogP contribution is 2.14. The molecule has 3 rings (SSSR count). The molecule has 0 aliphatic heterocycles. The van der Waals surface area contributed by atoms with E-state index in [4.69, 9.17) is 0 Å². The lowest BCUT2D eigenvalue weighted by Gasteiger charge is -2.16. The first-order valence-electron chi connectivity index (χ1n) is 7.33. The zero-order valence-corrected chi connectivity index (χ0v) is 12.8. The number of aromatic nitrogens is 2. The van der Waals surface area contributed by atoms with E-state index in [1.165, 1.54) is 0 Å². The molecule has 0 atom stereocenters. The third-order valence-electron chi connectivity index (χ3n) is 3.68.